The van der Waals surface area contributed by atoms with Crippen molar-refractivity contribution in [1.82, 2.24) is 20.1 Å². The second kappa shape index (κ2) is 3.46. The third kappa shape index (κ3) is 1.46. The van der Waals surface area contributed by atoms with E-state index in [4.69, 9.17) is 0 Å². The summed E-state index contributed by atoms with van der Waals surface area (Å²) >= 11 is 0. The van der Waals surface area contributed by atoms with Gasteiger partial charge in [0.25, 0.3) is 0 Å². The Hall–Kier alpha value is -0.900. The summed E-state index contributed by atoms with van der Waals surface area (Å²) in [4.78, 5) is 0. The molecule has 0 aromatic carbocycles. The van der Waals surface area contributed by atoms with E-state index in [1.807, 2.05) is 6.33 Å². The lowest BCUT2D eigenvalue weighted by atomic mass is 10.0. The zero-order chi connectivity index (χ0) is 9.26. The van der Waals surface area contributed by atoms with Crippen molar-refractivity contribution in [3.8, 4) is 0 Å². The molecule has 1 fully saturated rings. The van der Waals surface area contributed by atoms with Crippen LogP contribution in [0.25, 0.3) is 0 Å². The Morgan fingerprint density at radius 3 is 3.00 bits per heavy atom. The third-order valence-corrected chi connectivity index (χ3v) is 2.81. The van der Waals surface area contributed by atoms with Crippen LogP contribution < -0.4 is 5.32 Å². The predicted molar refractivity (Wildman–Crippen MR) is 50.6 cm³/mol. The molecule has 2 heterocycles. The van der Waals surface area contributed by atoms with Crippen LogP contribution in [0.5, 0.6) is 0 Å². The molecule has 0 aliphatic carbocycles. The Labute approximate surface area is 78.4 Å². The lowest BCUT2D eigenvalue weighted by Gasteiger charge is -2.27. The van der Waals surface area contributed by atoms with Crippen LogP contribution in [0, 0.1) is 0 Å². The minimum Gasteiger partial charge on any atom is -0.315 e. The summed E-state index contributed by atoms with van der Waals surface area (Å²) in [6.45, 7) is 6.50. The SMILES string of the molecule is CCC(C)n1cnnc1C1CNC1. The van der Waals surface area contributed by atoms with Gasteiger partial charge in [0.05, 0.1) is 0 Å². The van der Waals surface area contributed by atoms with E-state index in [1.54, 1.807) is 0 Å². The van der Waals surface area contributed by atoms with Crippen LogP contribution in [-0.2, 0) is 0 Å². The monoisotopic (exact) mass is 180 g/mol. The molecule has 1 aliphatic heterocycles. The van der Waals surface area contributed by atoms with E-state index in [9.17, 15) is 0 Å². The molecule has 0 spiro atoms. The Bertz CT molecular complexity index is 258. The molecule has 1 aliphatic rings. The maximum Gasteiger partial charge on any atom is 0.138 e. The van der Waals surface area contributed by atoms with Crippen LogP contribution >= 0.6 is 0 Å². The van der Waals surface area contributed by atoms with E-state index >= 15 is 0 Å². The highest BCUT2D eigenvalue weighted by molar-refractivity contribution is 5.04. The van der Waals surface area contributed by atoms with Crippen LogP contribution in [0.15, 0.2) is 6.33 Å². The van der Waals surface area contributed by atoms with Gasteiger partial charge in [-0.2, -0.15) is 0 Å². The van der Waals surface area contributed by atoms with E-state index in [0.29, 0.717) is 12.0 Å². The van der Waals surface area contributed by atoms with E-state index in [0.717, 1.165) is 25.3 Å². The minimum absolute atomic E-state index is 0.519. The van der Waals surface area contributed by atoms with Gasteiger partial charge in [-0.25, -0.2) is 0 Å². The second-order valence-corrected chi connectivity index (χ2v) is 3.71. The van der Waals surface area contributed by atoms with Crippen molar-refractivity contribution in [3.63, 3.8) is 0 Å². The molecule has 0 saturated carbocycles. The zero-order valence-electron chi connectivity index (χ0n) is 8.20. The molecule has 2 rings (SSSR count). The fraction of sp³-hybridized carbons (Fsp3) is 0.778. The minimum atomic E-state index is 0.519. The van der Waals surface area contributed by atoms with E-state index in [-0.39, 0.29) is 0 Å². The van der Waals surface area contributed by atoms with Crippen molar-refractivity contribution in [2.45, 2.75) is 32.2 Å². The molecule has 1 saturated heterocycles. The summed E-state index contributed by atoms with van der Waals surface area (Å²) in [6.07, 6.45) is 2.98. The summed E-state index contributed by atoms with van der Waals surface area (Å²) < 4.78 is 2.20. The molecule has 0 amide bonds. The van der Waals surface area contributed by atoms with Gasteiger partial charge in [-0.15, -0.1) is 10.2 Å². The highest BCUT2D eigenvalue weighted by atomic mass is 15.3. The molecule has 0 bridgehead atoms. The molecule has 13 heavy (non-hydrogen) atoms. The highest BCUT2D eigenvalue weighted by Crippen LogP contribution is 2.21. The summed E-state index contributed by atoms with van der Waals surface area (Å²) in [7, 11) is 0. The van der Waals surface area contributed by atoms with Crippen molar-refractivity contribution in [3.05, 3.63) is 12.2 Å². The average molecular weight is 180 g/mol. The first-order valence-electron chi connectivity index (χ1n) is 4.93. The van der Waals surface area contributed by atoms with Gasteiger partial charge in [-0.1, -0.05) is 6.92 Å². The maximum atomic E-state index is 4.18. The number of hydrogen-bond acceptors (Lipinski definition) is 3. The van der Waals surface area contributed by atoms with Crippen molar-refractivity contribution in [2.24, 2.45) is 0 Å². The quantitative estimate of drug-likeness (QED) is 0.752. The van der Waals surface area contributed by atoms with Gasteiger partial charge in [0.2, 0.25) is 0 Å². The van der Waals surface area contributed by atoms with E-state index in [1.165, 1.54) is 0 Å². The topological polar surface area (TPSA) is 42.7 Å². The number of rotatable bonds is 3. The summed E-state index contributed by atoms with van der Waals surface area (Å²) in [5, 5.41) is 11.4. The van der Waals surface area contributed by atoms with Crippen molar-refractivity contribution < 1.29 is 0 Å². The Kier molecular flexibility index (Phi) is 2.31. The van der Waals surface area contributed by atoms with Crippen molar-refractivity contribution in [1.29, 1.82) is 0 Å². The number of nitrogens with zero attached hydrogens (tertiary/aromatic N) is 3. The molecule has 4 nitrogen and oxygen atoms in total. The van der Waals surface area contributed by atoms with Crippen LogP contribution in [0.3, 0.4) is 0 Å². The van der Waals surface area contributed by atoms with Crippen molar-refractivity contribution in [2.75, 3.05) is 13.1 Å². The van der Waals surface area contributed by atoms with Gasteiger partial charge in [-0.05, 0) is 13.3 Å². The molecule has 0 radical (unpaired) electrons. The van der Waals surface area contributed by atoms with Gasteiger partial charge in [-0.3, -0.25) is 0 Å². The molecule has 1 aromatic heterocycles. The van der Waals surface area contributed by atoms with Gasteiger partial charge in [0.15, 0.2) is 0 Å². The second-order valence-electron chi connectivity index (χ2n) is 3.71. The first-order valence-corrected chi connectivity index (χ1v) is 4.93. The van der Waals surface area contributed by atoms with Gasteiger partial charge in [0.1, 0.15) is 12.2 Å². The molecular weight excluding hydrogens is 164 g/mol. The first-order chi connectivity index (χ1) is 6.33. The fourth-order valence-corrected chi connectivity index (χ4v) is 1.55. The van der Waals surface area contributed by atoms with Gasteiger partial charge >= 0.3 is 0 Å². The van der Waals surface area contributed by atoms with E-state index in [2.05, 4.69) is 33.9 Å². The highest BCUT2D eigenvalue weighted by Gasteiger charge is 2.25. The molecule has 1 aromatic rings. The summed E-state index contributed by atoms with van der Waals surface area (Å²) in [5.41, 5.74) is 0. The lowest BCUT2D eigenvalue weighted by molar-refractivity contribution is 0.395. The smallest absolute Gasteiger partial charge is 0.138 e. The third-order valence-electron chi connectivity index (χ3n) is 2.81. The van der Waals surface area contributed by atoms with E-state index < -0.39 is 0 Å². The molecule has 72 valence electrons. The van der Waals surface area contributed by atoms with Crippen LogP contribution in [0.2, 0.25) is 0 Å². The molecule has 1 atom stereocenters. The van der Waals surface area contributed by atoms with Gasteiger partial charge < -0.3 is 9.88 Å². The van der Waals surface area contributed by atoms with Crippen LogP contribution in [0.1, 0.15) is 38.1 Å². The molecule has 4 heteroatoms. The zero-order valence-corrected chi connectivity index (χ0v) is 8.20. The maximum absolute atomic E-state index is 4.18. The first kappa shape index (κ1) is 8.69. The standard InChI is InChI=1S/C9H16N4/c1-3-7(2)13-6-11-12-9(13)8-4-10-5-8/h6-8,10H,3-5H2,1-2H3. The number of hydrogen-bond donors (Lipinski definition) is 1. The number of aromatic nitrogens is 3. The van der Waals surface area contributed by atoms with Crippen LogP contribution in [-0.4, -0.2) is 27.9 Å². The van der Waals surface area contributed by atoms with Crippen molar-refractivity contribution >= 4 is 0 Å². The Morgan fingerprint density at radius 2 is 2.46 bits per heavy atom. The number of nitrogens with one attached hydrogen (secondary N) is 1. The Balaban J connectivity index is 2.19. The molecule has 1 N–H and O–H groups in total. The molecule has 1 unspecified atom stereocenters. The fourth-order valence-electron chi connectivity index (χ4n) is 1.55. The largest absolute Gasteiger partial charge is 0.315 e. The summed E-state index contributed by atoms with van der Waals surface area (Å²) in [6, 6.07) is 0.519. The summed E-state index contributed by atoms with van der Waals surface area (Å²) in [5.74, 6) is 1.73. The molecular formula is C9H16N4. The Morgan fingerprint density at radius 1 is 1.69 bits per heavy atom. The predicted octanol–water partition coefficient (Wildman–Crippen LogP) is 0.936. The van der Waals surface area contributed by atoms with Gasteiger partial charge in [0, 0.05) is 25.0 Å². The lowest BCUT2D eigenvalue weighted by Crippen LogP contribution is -2.41. The normalized spacial score (nSPS) is 19.8. The average Bonchev–Trinajstić information content (AvgIpc) is 2.49. The van der Waals surface area contributed by atoms with Crippen LogP contribution in [0.4, 0.5) is 0 Å².